The van der Waals surface area contributed by atoms with Crippen molar-refractivity contribution < 1.29 is 24.2 Å². The van der Waals surface area contributed by atoms with Gasteiger partial charge in [-0.05, 0) is 38.8 Å². The van der Waals surface area contributed by atoms with E-state index in [0.717, 1.165) is 11.3 Å². The minimum Gasteiger partial charge on any atom is -0.479 e. The zero-order chi connectivity index (χ0) is 13.0. The molecule has 0 saturated carbocycles. The summed E-state index contributed by atoms with van der Waals surface area (Å²) in [6, 6.07) is 0. The van der Waals surface area contributed by atoms with E-state index in [2.05, 4.69) is 36.6 Å². The fourth-order valence-corrected chi connectivity index (χ4v) is 3.03. The van der Waals surface area contributed by atoms with E-state index in [1.165, 1.54) is 0 Å². The highest BCUT2D eigenvalue weighted by molar-refractivity contribution is 9.13. The van der Waals surface area contributed by atoms with E-state index in [9.17, 15) is 9.59 Å². The van der Waals surface area contributed by atoms with E-state index in [1.807, 2.05) is 0 Å². The monoisotopic (exact) mass is 386 g/mol. The van der Waals surface area contributed by atoms with Crippen LogP contribution in [0.4, 0.5) is 0 Å². The number of halogens is 2. The Labute approximate surface area is 118 Å². The number of carboxylic acid groups (broad SMARTS) is 1. The molecule has 0 aliphatic carbocycles. The Balaban J connectivity index is 2.83. The van der Waals surface area contributed by atoms with Gasteiger partial charge in [-0.25, -0.2) is 9.59 Å². The Hall–Kier alpha value is -0.600. The fraction of sp³-hybridized carbons (Fsp3) is 0.333. The SMILES string of the molecule is CCOC(=O)COc1c(C(=O)O)sc(Br)c1Br. The number of esters is 1. The van der Waals surface area contributed by atoms with Gasteiger partial charge in [0.05, 0.1) is 14.9 Å². The Morgan fingerprint density at radius 2 is 2.06 bits per heavy atom. The predicted molar refractivity (Wildman–Crippen MR) is 68.8 cm³/mol. The lowest BCUT2D eigenvalue weighted by molar-refractivity contribution is -0.145. The first-order valence-corrected chi connectivity index (χ1v) is 6.87. The van der Waals surface area contributed by atoms with Crippen molar-refractivity contribution in [3.63, 3.8) is 0 Å². The maximum absolute atomic E-state index is 11.1. The molecule has 0 bridgehead atoms. The van der Waals surface area contributed by atoms with Crippen LogP contribution in [0, 0.1) is 0 Å². The van der Waals surface area contributed by atoms with Crippen molar-refractivity contribution >= 4 is 55.1 Å². The summed E-state index contributed by atoms with van der Waals surface area (Å²) in [6.07, 6.45) is 0. The summed E-state index contributed by atoms with van der Waals surface area (Å²) < 4.78 is 10.9. The summed E-state index contributed by atoms with van der Waals surface area (Å²) in [5.41, 5.74) is 0. The first-order valence-electron chi connectivity index (χ1n) is 4.46. The fourth-order valence-electron chi connectivity index (χ4n) is 0.973. The van der Waals surface area contributed by atoms with Crippen molar-refractivity contribution in [1.82, 2.24) is 0 Å². The van der Waals surface area contributed by atoms with Gasteiger partial charge in [0, 0.05) is 0 Å². The van der Waals surface area contributed by atoms with Gasteiger partial charge in [-0.3, -0.25) is 0 Å². The number of rotatable bonds is 5. The Morgan fingerprint density at radius 1 is 1.41 bits per heavy atom. The molecule has 0 amide bonds. The summed E-state index contributed by atoms with van der Waals surface area (Å²) in [7, 11) is 0. The van der Waals surface area contributed by atoms with Gasteiger partial charge in [0.15, 0.2) is 17.2 Å². The summed E-state index contributed by atoms with van der Waals surface area (Å²) >= 11 is 7.37. The molecular weight excluding hydrogens is 380 g/mol. The smallest absolute Gasteiger partial charge is 0.349 e. The van der Waals surface area contributed by atoms with Crippen LogP contribution in [-0.4, -0.2) is 30.3 Å². The number of carbonyl (C=O) groups is 2. The zero-order valence-corrected chi connectivity index (χ0v) is 12.6. The molecule has 17 heavy (non-hydrogen) atoms. The van der Waals surface area contributed by atoms with Gasteiger partial charge in [-0.15, -0.1) is 11.3 Å². The van der Waals surface area contributed by atoms with Gasteiger partial charge in [-0.2, -0.15) is 0 Å². The van der Waals surface area contributed by atoms with Crippen LogP contribution >= 0.6 is 43.2 Å². The molecule has 94 valence electrons. The lowest BCUT2D eigenvalue weighted by atomic mass is 10.4. The number of carboxylic acids is 1. The van der Waals surface area contributed by atoms with Crippen molar-refractivity contribution in [2.75, 3.05) is 13.2 Å². The summed E-state index contributed by atoms with van der Waals surface area (Å²) in [5.74, 6) is -1.53. The predicted octanol–water partition coefficient (Wildman–Crippen LogP) is 2.91. The normalized spacial score (nSPS) is 10.1. The van der Waals surface area contributed by atoms with Crippen LogP contribution in [0.1, 0.15) is 16.6 Å². The maximum Gasteiger partial charge on any atom is 0.349 e. The molecule has 1 N–H and O–H groups in total. The second-order valence-electron chi connectivity index (χ2n) is 2.75. The molecule has 0 fully saturated rings. The zero-order valence-electron chi connectivity index (χ0n) is 8.66. The minimum atomic E-state index is -1.11. The van der Waals surface area contributed by atoms with Crippen molar-refractivity contribution in [3.8, 4) is 5.75 Å². The molecule has 8 heteroatoms. The summed E-state index contributed by atoms with van der Waals surface area (Å²) in [6.45, 7) is 1.61. The van der Waals surface area contributed by atoms with E-state index in [-0.39, 0.29) is 23.8 Å². The minimum absolute atomic E-state index is 0.0213. The molecule has 1 aromatic heterocycles. The van der Waals surface area contributed by atoms with E-state index in [1.54, 1.807) is 6.92 Å². The van der Waals surface area contributed by atoms with Crippen molar-refractivity contribution in [1.29, 1.82) is 0 Å². The van der Waals surface area contributed by atoms with Crippen LogP contribution in [0.15, 0.2) is 8.26 Å². The quantitative estimate of drug-likeness (QED) is 0.786. The van der Waals surface area contributed by atoms with Gasteiger partial charge in [0.1, 0.15) is 0 Å². The average Bonchev–Trinajstić information content (AvgIpc) is 2.54. The lowest BCUT2D eigenvalue weighted by Gasteiger charge is -2.05. The molecule has 0 unspecified atom stereocenters. The molecule has 0 spiro atoms. The van der Waals surface area contributed by atoms with Crippen LogP contribution < -0.4 is 4.74 Å². The highest BCUT2D eigenvalue weighted by Crippen LogP contribution is 2.43. The number of hydrogen-bond donors (Lipinski definition) is 1. The van der Waals surface area contributed by atoms with E-state index >= 15 is 0 Å². The number of carbonyl (C=O) groups excluding carboxylic acids is 1. The standard InChI is InChI=1S/C9H8Br2O5S/c1-2-15-4(12)3-16-6-5(10)8(11)17-7(6)9(13)14/h2-3H2,1H3,(H,13,14). The first-order chi connectivity index (χ1) is 7.97. The Morgan fingerprint density at radius 3 is 2.59 bits per heavy atom. The van der Waals surface area contributed by atoms with Crippen LogP contribution in [0.3, 0.4) is 0 Å². The molecule has 0 saturated heterocycles. The van der Waals surface area contributed by atoms with Gasteiger partial charge < -0.3 is 14.6 Å². The highest BCUT2D eigenvalue weighted by atomic mass is 79.9. The van der Waals surface area contributed by atoms with Gasteiger partial charge in [0.2, 0.25) is 0 Å². The largest absolute Gasteiger partial charge is 0.479 e. The van der Waals surface area contributed by atoms with Gasteiger partial charge >= 0.3 is 11.9 Å². The number of ether oxygens (including phenoxy) is 2. The molecule has 1 heterocycles. The third-order valence-corrected chi connectivity index (χ3v) is 4.98. The van der Waals surface area contributed by atoms with E-state index in [4.69, 9.17) is 9.84 Å². The second kappa shape index (κ2) is 6.36. The molecule has 0 atom stereocenters. The molecule has 0 radical (unpaired) electrons. The third-order valence-electron chi connectivity index (χ3n) is 1.60. The molecule has 1 aromatic rings. The van der Waals surface area contributed by atoms with Gasteiger partial charge in [-0.1, -0.05) is 0 Å². The third kappa shape index (κ3) is 3.68. The van der Waals surface area contributed by atoms with Crippen molar-refractivity contribution in [2.24, 2.45) is 0 Å². The van der Waals surface area contributed by atoms with Crippen LogP contribution in [0.2, 0.25) is 0 Å². The van der Waals surface area contributed by atoms with E-state index in [0.29, 0.717) is 8.26 Å². The van der Waals surface area contributed by atoms with Crippen molar-refractivity contribution in [3.05, 3.63) is 13.1 Å². The average molecular weight is 388 g/mol. The molecular formula is C9H8Br2O5S. The van der Waals surface area contributed by atoms with Gasteiger partial charge in [0.25, 0.3) is 0 Å². The number of aromatic carboxylic acids is 1. The summed E-state index contributed by atoms with van der Waals surface area (Å²) in [5, 5.41) is 8.94. The molecule has 5 nitrogen and oxygen atoms in total. The molecule has 0 aliphatic rings. The van der Waals surface area contributed by atoms with Crippen LogP contribution in [-0.2, 0) is 9.53 Å². The van der Waals surface area contributed by atoms with Crippen LogP contribution in [0.25, 0.3) is 0 Å². The Bertz CT molecular complexity index is 443. The first kappa shape index (κ1) is 14.5. The molecule has 0 aliphatic heterocycles. The van der Waals surface area contributed by atoms with Crippen molar-refractivity contribution in [2.45, 2.75) is 6.92 Å². The Kier molecular flexibility index (Phi) is 5.41. The number of thiophene rings is 1. The summed E-state index contributed by atoms with van der Waals surface area (Å²) in [4.78, 5) is 22.0. The topological polar surface area (TPSA) is 72.8 Å². The van der Waals surface area contributed by atoms with E-state index < -0.39 is 11.9 Å². The van der Waals surface area contributed by atoms with Crippen LogP contribution in [0.5, 0.6) is 5.75 Å². The number of hydrogen-bond acceptors (Lipinski definition) is 5. The molecule has 0 aromatic carbocycles. The second-order valence-corrected chi connectivity index (χ2v) is 5.88. The highest BCUT2D eigenvalue weighted by Gasteiger charge is 2.22. The lowest BCUT2D eigenvalue weighted by Crippen LogP contribution is -2.15. The molecule has 1 rings (SSSR count). The maximum atomic E-state index is 11.1.